The summed E-state index contributed by atoms with van der Waals surface area (Å²) in [5.41, 5.74) is 1.22. The van der Waals surface area contributed by atoms with Crippen LogP contribution in [0.4, 0.5) is 0 Å². The maximum atomic E-state index is 3.72. The van der Waals surface area contributed by atoms with Gasteiger partial charge < -0.3 is 5.32 Å². The smallest absolute Gasteiger partial charge is 0.0255 e. The van der Waals surface area contributed by atoms with Crippen molar-refractivity contribution in [2.75, 3.05) is 0 Å². The second kappa shape index (κ2) is 5.02. The minimum atomic E-state index is 0.716. The molecule has 1 aliphatic carbocycles. The summed E-state index contributed by atoms with van der Waals surface area (Å²) >= 11 is 0. The molecule has 68 valence electrons. The second-order valence-corrected chi connectivity index (χ2v) is 3.59. The predicted molar refractivity (Wildman–Crippen MR) is 54.0 cm³/mol. The molecular weight excluding hydrogens is 146 g/mol. The Morgan fingerprint density at radius 2 is 2.00 bits per heavy atom. The molecule has 0 heterocycles. The van der Waals surface area contributed by atoms with E-state index in [0.29, 0.717) is 6.04 Å². The lowest BCUT2D eigenvalue weighted by atomic mass is 9.96. The SMILES string of the molecule is C=C/C(C)=C/NC1CCCCC1. The Kier molecular flexibility index (Phi) is 3.92. The lowest BCUT2D eigenvalue weighted by Crippen LogP contribution is -2.26. The lowest BCUT2D eigenvalue weighted by Gasteiger charge is -2.21. The van der Waals surface area contributed by atoms with E-state index in [1.54, 1.807) is 0 Å². The molecule has 1 fully saturated rings. The highest BCUT2D eigenvalue weighted by molar-refractivity contribution is 5.11. The molecule has 0 radical (unpaired) electrons. The van der Waals surface area contributed by atoms with E-state index in [0.717, 1.165) is 0 Å². The number of nitrogens with one attached hydrogen (secondary N) is 1. The van der Waals surface area contributed by atoms with Crippen LogP contribution in [0.2, 0.25) is 0 Å². The van der Waals surface area contributed by atoms with Gasteiger partial charge in [0.2, 0.25) is 0 Å². The van der Waals surface area contributed by atoms with E-state index in [-0.39, 0.29) is 0 Å². The van der Waals surface area contributed by atoms with Crippen molar-refractivity contribution in [3.05, 3.63) is 24.4 Å². The first kappa shape index (κ1) is 9.37. The van der Waals surface area contributed by atoms with Crippen molar-refractivity contribution in [1.82, 2.24) is 5.32 Å². The van der Waals surface area contributed by atoms with Crippen LogP contribution in [0.25, 0.3) is 0 Å². The van der Waals surface area contributed by atoms with E-state index in [2.05, 4.69) is 25.0 Å². The van der Waals surface area contributed by atoms with Crippen molar-refractivity contribution < 1.29 is 0 Å². The Morgan fingerprint density at radius 1 is 1.33 bits per heavy atom. The average Bonchev–Trinajstić information content (AvgIpc) is 2.16. The third kappa shape index (κ3) is 3.12. The number of rotatable bonds is 3. The van der Waals surface area contributed by atoms with Crippen molar-refractivity contribution in [1.29, 1.82) is 0 Å². The number of hydrogen-bond acceptors (Lipinski definition) is 1. The van der Waals surface area contributed by atoms with Gasteiger partial charge in [0.05, 0.1) is 0 Å². The quantitative estimate of drug-likeness (QED) is 0.634. The molecule has 0 atom stereocenters. The van der Waals surface area contributed by atoms with Gasteiger partial charge in [0.15, 0.2) is 0 Å². The largest absolute Gasteiger partial charge is 0.388 e. The van der Waals surface area contributed by atoms with Gasteiger partial charge in [0, 0.05) is 6.04 Å². The Labute approximate surface area is 75.6 Å². The molecule has 1 heteroatoms. The Balaban J connectivity index is 2.25. The zero-order chi connectivity index (χ0) is 8.81. The van der Waals surface area contributed by atoms with Gasteiger partial charge >= 0.3 is 0 Å². The minimum Gasteiger partial charge on any atom is -0.388 e. The third-order valence-electron chi connectivity index (χ3n) is 2.47. The first-order chi connectivity index (χ1) is 5.83. The molecule has 1 saturated carbocycles. The van der Waals surface area contributed by atoms with Gasteiger partial charge in [0.25, 0.3) is 0 Å². The third-order valence-corrected chi connectivity index (χ3v) is 2.47. The summed E-state index contributed by atoms with van der Waals surface area (Å²) in [6.07, 6.45) is 10.8. The highest BCUT2D eigenvalue weighted by Crippen LogP contribution is 2.17. The van der Waals surface area contributed by atoms with Crippen molar-refractivity contribution in [3.63, 3.8) is 0 Å². The summed E-state index contributed by atoms with van der Waals surface area (Å²) in [5.74, 6) is 0. The molecule has 0 aromatic heterocycles. The van der Waals surface area contributed by atoms with Crippen molar-refractivity contribution in [2.24, 2.45) is 0 Å². The van der Waals surface area contributed by atoms with E-state index in [4.69, 9.17) is 0 Å². The van der Waals surface area contributed by atoms with Gasteiger partial charge in [-0.15, -0.1) is 0 Å². The Bertz CT molecular complexity index is 164. The number of allylic oxidation sites excluding steroid dienone is 2. The molecule has 0 saturated heterocycles. The van der Waals surface area contributed by atoms with Crippen LogP contribution in [0.3, 0.4) is 0 Å². The van der Waals surface area contributed by atoms with E-state index < -0.39 is 0 Å². The fraction of sp³-hybridized carbons (Fsp3) is 0.636. The summed E-state index contributed by atoms with van der Waals surface area (Å²) in [6, 6.07) is 0.716. The summed E-state index contributed by atoms with van der Waals surface area (Å²) in [4.78, 5) is 0. The van der Waals surface area contributed by atoms with Gasteiger partial charge in [0.1, 0.15) is 0 Å². The molecule has 0 aliphatic heterocycles. The molecule has 0 amide bonds. The van der Waals surface area contributed by atoms with Gasteiger partial charge in [-0.05, 0) is 31.5 Å². The highest BCUT2D eigenvalue weighted by atomic mass is 14.9. The Hall–Kier alpha value is -0.720. The molecule has 0 bridgehead atoms. The maximum absolute atomic E-state index is 3.72. The van der Waals surface area contributed by atoms with Crippen LogP contribution < -0.4 is 5.32 Å². The molecule has 0 aromatic rings. The average molecular weight is 165 g/mol. The lowest BCUT2D eigenvalue weighted by molar-refractivity contribution is 0.404. The van der Waals surface area contributed by atoms with E-state index in [1.807, 2.05) is 6.08 Å². The van der Waals surface area contributed by atoms with Gasteiger partial charge in [-0.2, -0.15) is 0 Å². The monoisotopic (exact) mass is 165 g/mol. The van der Waals surface area contributed by atoms with Gasteiger partial charge in [-0.3, -0.25) is 0 Å². The fourth-order valence-electron chi connectivity index (χ4n) is 1.58. The zero-order valence-electron chi connectivity index (χ0n) is 7.97. The van der Waals surface area contributed by atoms with E-state index in [1.165, 1.54) is 37.7 Å². The first-order valence-corrected chi connectivity index (χ1v) is 4.88. The fourth-order valence-corrected chi connectivity index (χ4v) is 1.58. The topological polar surface area (TPSA) is 12.0 Å². The molecule has 1 rings (SSSR count). The molecule has 0 spiro atoms. The summed E-state index contributed by atoms with van der Waals surface area (Å²) in [6.45, 7) is 5.79. The molecule has 1 aliphatic rings. The van der Waals surface area contributed by atoms with Crippen LogP contribution in [0.5, 0.6) is 0 Å². The molecular formula is C11H19N. The van der Waals surface area contributed by atoms with Crippen LogP contribution in [-0.4, -0.2) is 6.04 Å². The minimum absolute atomic E-state index is 0.716. The van der Waals surface area contributed by atoms with Crippen LogP contribution >= 0.6 is 0 Å². The standard InChI is InChI=1S/C11H19N/c1-3-10(2)9-12-11-7-5-4-6-8-11/h3,9,11-12H,1,4-8H2,2H3/b10-9+. The maximum Gasteiger partial charge on any atom is 0.0255 e. The second-order valence-electron chi connectivity index (χ2n) is 3.59. The molecule has 1 N–H and O–H groups in total. The normalized spacial score (nSPS) is 20.6. The summed E-state index contributed by atoms with van der Waals surface area (Å²) in [5, 5.41) is 3.44. The van der Waals surface area contributed by atoms with E-state index >= 15 is 0 Å². The van der Waals surface area contributed by atoms with E-state index in [9.17, 15) is 0 Å². The van der Waals surface area contributed by atoms with Crippen LogP contribution in [0.15, 0.2) is 24.4 Å². The van der Waals surface area contributed by atoms with Crippen molar-refractivity contribution in [2.45, 2.75) is 45.1 Å². The zero-order valence-corrected chi connectivity index (χ0v) is 7.97. The van der Waals surface area contributed by atoms with Crippen LogP contribution in [0, 0.1) is 0 Å². The molecule has 0 aromatic carbocycles. The molecule has 12 heavy (non-hydrogen) atoms. The van der Waals surface area contributed by atoms with Crippen molar-refractivity contribution >= 4 is 0 Å². The van der Waals surface area contributed by atoms with Crippen LogP contribution in [-0.2, 0) is 0 Å². The Morgan fingerprint density at radius 3 is 2.58 bits per heavy atom. The molecule has 1 nitrogen and oxygen atoms in total. The summed E-state index contributed by atoms with van der Waals surface area (Å²) < 4.78 is 0. The highest BCUT2D eigenvalue weighted by Gasteiger charge is 2.10. The summed E-state index contributed by atoms with van der Waals surface area (Å²) in [7, 11) is 0. The molecule has 0 unspecified atom stereocenters. The first-order valence-electron chi connectivity index (χ1n) is 4.88. The van der Waals surface area contributed by atoms with Crippen LogP contribution in [0.1, 0.15) is 39.0 Å². The van der Waals surface area contributed by atoms with Gasteiger partial charge in [-0.1, -0.05) is 31.9 Å². The predicted octanol–water partition coefficient (Wildman–Crippen LogP) is 3.00. The van der Waals surface area contributed by atoms with Gasteiger partial charge in [-0.25, -0.2) is 0 Å². The van der Waals surface area contributed by atoms with Crippen molar-refractivity contribution in [3.8, 4) is 0 Å². The number of hydrogen-bond donors (Lipinski definition) is 1.